The van der Waals surface area contributed by atoms with Gasteiger partial charge in [0, 0.05) is 28.0 Å². The van der Waals surface area contributed by atoms with Crippen molar-refractivity contribution in [3.05, 3.63) is 82.1 Å². The number of carbonyl (C=O) groups is 2. The highest BCUT2D eigenvalue weighted by Gasteiger charge is 2.43. The maximum atomic E-state index is 13.2. The van der Waals surface area contributed by atoms with E-state index in [1.807, 2.05) is 18.2 Å². The molecule has 5 heteroatoms. The molecule has 0 spiro atoms. The number of esters is 1. The fourth-order valence-corrected chi connectivity index (χ4v) is 3.85. The number of benzene rings is 2. The predicted octanol–water partition coefficient (Wildman–Crippen LogP) is 3.52. The zero-order chi connectivity index (χ0) is 19.1. The molecular formula is C22H19NO4. The van der Waals surface area contributed by atoms with Gasteiger partial charge < -0.3 is 15.2 Å². The van der Waals surface area contributed by atoms with E-state index in [-0.39, 0.29) is 18.1 Å². The second-order valence-electron chi connectivity index (χ2n) is 6.54. The fourth-order valence-electron chi connectivity index (χ4n) is 3.85. The molecule has 2 aromatic rings. The molecule has 0 bridgehead atoms. The second-order valence-corrected chi connectivity index (χ2v) is 6.54. The average molecular weight is 361 g/mol. The highest BCUT2D eigenvalue weighted by molar-refractivity contribution is 6.23. The molecule has 0 saturated carbocycles. The topological polar surface area (TPSA) is 75.6 Å². The summed E-state index contributed by atoms with van der Waals surface area (Å²) in [6, 6.07) is 14.1. The number of nitrogens with one attached hydrogen (secondary N) is 1. The summed E-state index contributed by atoms with van der Waals surface area (Å²) in [6.07, 6.45) is 0. The Labute approximate surface area is 157 Å². The van der Waals surface area contributed by atoms with Gasteiger partial charge in [0.1, 0.15) is 5.75 Å². The number of carbonyl (C=O) groups excluding carboxylic acids is 2. The minimum atomic E-state index is -0.693. The first-order valence-electron chi connectivity index (χ1n) is 8.85. The van der Waals surface area contributed by atoms with Crippen molar-refractivity contribution < 1.29 is 19.4 Å². The minimum Gasteiger partial charge on any atom is -0.508 e. The third-order valence-corrected chi connectivity index (χ3v) is 4.99. The number of phenolic OH excluding ortho intramolecular Hbond substituents is 1. The largest absolute Gasteiger partial charge is 0.508 e. The summed E-state index contributed by atoms with van der Waals surface area (Å²) in [6.45, 7) is 3.75. The molecule has 1 aliphatic carbocycles. The summed E-state index contributed by atoms with van der Waals surface area (Å²) in [5, 5.41) is 13.7. The fraction of sp³-hybridized carbons (Fsp3) is 0.182. The molecule has 1 heterocycles. The molecule has 136 valence electrons. The molecular weight excluding hydrogens is 342 g/mol. The van der Waals surface area contributed by atoms with Crippen molar-refractivity contribution in [2.45, 2.75) is 19.8 Å². The number of aromatic hydroxyl groups is 1. The Morgan fingerprint density at radius 1 is 1.11 bits per heavy atom. The number of ether oxygens (including phenoxy) is 1. The van der Waals surface area contributed by atoms with Crippen LogP contribution < -0.4 is 5.32 Å². The lowest BCUT2D eigenvalue weighted by Crippen LogP contribution is -2.29. The number of dihydropyridines is 1. The van der Waals surface area contributed by atoms with Crippen LogP contribution in [0, 0.1) is 0 Å². The van der Waals surface area contributed by atoms with Gasteiger partial charge in [0.2, 0.25) is 0 Å². The first kappa shape index (κ1) is 17.1. The molecule has 0 amide bonds. The van der Waals surface area contributed by atoms with E-state index in [4.69, 9.17) is 4.74 Å². The van der Waals surface area contributed by atoms with Gasteiger partial charge in [-0.15, -0.1) is 0 Å². The number of rotatable bonds is 3. The molecule has 27 heavy (non-hydrogen) atoms. The van der Waals surface area contributed by atoms with Gasteiger partial charge in [-0.1, -0.05) is 42.5 Å². The lowest BCUT2D eigenvalue weighted by molar-refractivity contribution is -0.138. The Kier molecular flexibility index (Phi) is 4.07. The Morgan fingerprint density at radius 2 is 1.78 bits per heavy atom. The Bertz CT molecular complexity index is 1030. The van der Waals surface area contributed by atoms with E-state index in [0.717, 1.165) is 5.56 Å². The van der Waals surface area contributed by atoms with Gasteiger partial charge in [-0.3, -0.25) is 4.79 Å². The van der Waals surface area contributed by atoms with Gasteiger partial charge in [0.05, 0.1) is 23.8 Å². The maximum Gasteiger partial charge on any atom is 0.336 e. The van der Waals surface area contributed by atoms with Crippen molar-refractivity contribution in [1.82, 2.24) is 5.32 Å². The number of fused-ring (bicyclic) bond motifs is 2. The lowest BCUT2D eigenvalue weighted by Gasteiger charge is -2.29. The van der Waals surface area contributed by atoms with E-state index in [9.17, 15) is 14.7 Å². The van der Waals surface area contributed by atoms with Gasteiger partial charge in [-0.2, -0.15) is 0 Å². The van der Waals surface area contributed by atoms with Crippen molar-refractivity contribution in [1.29, 1.82) is 0 Å². The Balaban J connectivity index is 1.96. The van der Waals surface area contributed by atoms with Crippen molar-refractivity contribution in [3.8, 4) is 5.75 Å². The van der Waals surface area contributed by atoms with Crippen molar-refractivity contribution >= 4 is 17.4 Å². The number of allylic oxidation sites excluding steroid dienone is 2. The molecule has 4 rings (SSSR count). The monoisotopic (exact) mass is 361 g/mol. The number of para-hydroxylation sites is 1. The summed E-state index contributed by atoms with van der Waals surface area (Å²) < 4.78 is 5.25. The predicted molar refractivity (Wildman–Crippen MR) is 101 cm³/mol. The third-order valence-electron chi connectivity index (χ3n) is 4.99. The molecule has 1 aliphatic heterocycles. The lowest BCUT2D eigenvalue weighted by atomic mass is 9.79. The number of phenols is 1. The normalized spacial score (nSPS) is 18.1. The number of hydrogen-bond donors (Lipinski definition) is 2. The summed E-state index contributed by atoms with van der Waals surface area (Å²) >= 11 is 0. The van der Waals surface area contributed by atoms with Crippen molar-refractivity contribution in [3.63, 3.8) is 0 Å². The SMILES string of the molecule is CCOC(=O)C1=C(C)NC2=C(C(=O)c3ccccc32)C1c1ccccc1O. The summed E-state index contributed by atoms with van der Waals surface area (Å²) in [5.74, 6) is -1.29. The van der Waals surface area contributed by atoms with E-state index in [0.29, 0.717) is 33.7 Å². The van der Waals surface area contributed by atoms with Crippen LogP contribution in [0.5, 0.6) is 5.75 Å². The standard InChI is InChI=1S/C22H19NO4/c1-3-27-22(26)17-12(2)23-20-13-8-4-5-9-14(13)21(25)19(20)18(17)15-10-6-7-11-16(15)24/h4-11,18,23-24H,3H2,1-2H3. The quantitative estimate of drug-likeness (QED) is 0.818. The maximum absolute atomic E-state index is 13.2. The van der Waals surface area contributed by atoms with Gasteiger partial charge in [-0.05, 0) is 19.9 Å². The van der Waals surface area contributed by atoms with E-state index < -0.39 is 11.9 Å². The average Bonchev–Trinajstić information content (AvgIpc) is 2.94. The van der Waals surface area contributed by atoms with Crippen LogP contribution in [0.3, 0.4) is 0 Å². The van der Waals surface area contributed by atoms with E-state index in [1.165, 1.54) is 0 Å². The minimum absolute atomic E-state index is 0.0367. The molecule has 1 unspecified atom stereocenters. The Morgan fingerprint density at radius 3 is 2.48 bits per heavy atom. The summed E-state index contributed by atoms with van der Waals surface area (Å²) in [4.78, 5) is 25.9. The van der Waals surface area contributed by atoms with E-state index in [1.54, 1.807) is 44.2 Å². The van der Waals surface area contributed by atoms with Gasteiger partial charge in [0.15, 0.2) is 5.78 Å². The van der Waals surface area contributed by atoms with Crippen molar-refractivity contribution in [2.75, 3.05) is 6.61 Å². The summed E-state index contributed by atoms with van der Waals surface area (Å²) in [7, 11) is 0. The van der Waals surface area contributed by atoms with Crippen LogP contribution in [0.2, 0.25) is 0 Å². The van der Waals surface area contributed by atoms with E-state index in [2.05, 4.69) is 5.32 Å². The molecule has 5 nitrogen and oxygen atoms in total. The molecule has 0 saturated heterocycles. The Hall–Kier alpha value is -3.34. The third kappa shape index (κ3) is 2.54. The smallest absolute Gasteiger partial charge is 0.336 e. The molecule has 0 radical (unpaired) electrons. The van der Waals surface area contributed by atoms with Crippen molar-refractivity contribution in [2.24, 2.45) is 0 Å². The number of hydrogen-bond acceptors (Lipinski definition) is 5. The molecule has 2 aromatic carbocycles. The zero-order valence-electron chi connectivity index (χ0n) is 15.1. The van der Waals surface area contributed by atoms with Gasteiger partial charge in [-0.25, -0.2) is 4.79 Å². The molecule has 0 fully saturated rings. The highest BCUT2D eigenvalue weighted by atomic mass is 16.5. The van der Waals surface area contributed by atoms with Crippen LogP contribution in [-0.2, 0) is 9.53 Å². The number of ketones is 1. The first-order chi connectivity index (χ1) is 13.0. The van der Waals surface area contributed by atoms with Crippen LogP contribution in [0.1, 0.15) is 41.3 Å². The molecule has 0 aromatic heterocycles. The van der Waals surface area contributed by atoms with E-state index >= 15 is 0 Å². The van der Waals surface area contributed by atoms with Crippen LogP contribution in [-0.4, -0.2) is 23.5 Å². The number of Topliss-reactive ketones (excluding diaryl/α,β-unsaturated/α-hetero) is 1. The summed E-state index contributed by atoms with van der Waals surface area (Å²) in [5.41, 5.74) is 4.02. The van der Waals surface area contributed by atoms with Crippen LogP contribution >= 0.6 is 0 Å². The van der Waals surface area contributed by atoms with Gasteiger partial charge in [0.25, 0.3) is 0 Å². The van der Waals surface area contributed by atoms with Crippen LogP contribution in [0.25, 0.3) is 5.70 Å². The second kappa shape index (κ2) is 6.43. The van der Waals surface area contributed by atoms with Gasteiger partial charge >= 0.3 is 5.97 Å². The molecule has 2 aliphatic rings. The highest BCUT2D eigenvalue weighted by Crippen LogP contribution is 2.48. The zero-order valence-corrected chi connectivity index (χ0v) is 15.1. The van der Waals surface area contributed by atoms with Crippen LogP contribution in [0.4, 0.5) is 0 Å². The first-order valence-corrected chi connectivity index (χ1v) is 8.85. The molecule has 2 N–H and O–H groups in total. The van der Waals surface area contributed by atoms with Crippen LogP contribution in [0.15, 0.2) is 65.4 Å². The molecule has 1 atom stereocenters.